The van der Waals surface area contributed by atoms with Crippen LogP contribution in [-0.4, -0.2) is 55.8 Å². The van der Waals surface area contributed by atoms with Crippen molar-refractivity contribution in [2.24, 2.45) is 0 Å². The van der Waals surface area contributed by atoms with E-state index in [1.54, 1.807) is 18.7 Å². The van der Waals surface area contributed by atoms with Crippen LogP contribution in [0.1, 0.15) is 17.9 Å². The van der Waals surface area contributed by atoms with Crippen molar-refractivity contribution in [3.05, 3.63) is 34.9 Å². The molecule has 2 atom stereocenters. The molecular weight excluding hydrogens is 336 g/mol. The van der Waals surface area contributed by atoms with Crippen LogP contribution in [0.25, 0.3) is 0 Å². The highest BCUT2D eigenvalue weighted by Crippen LogP contribution is 2.40. The molecule has 1 fully saturated rings. The first kappa shape index (κ1) is 18.1. The molecule has 1 amide bonds. The number of halogens is 1. The molecule has 23 heavy (non-hydrogen) atoms. The Hall–Kier alpha value is -1.24. The molecule has 5 nitrogen and oxygen atoms in total. The minimum atomic E-state index is -0.281. The van der Waals surface area contributed by atoms with Gasteiger partial charge in [0.25, 0.3) is 5.91 Å². The summed E-state index contributed by atoms with van der Waals surface area (Å²) < 4.78 is 4.92. The first-order valence-electron chi connectivity index (χ1n) is 7.65. The average molecular weight is 358 g/mol. The van der Waals surface area contributed by atoms with Gasteiger partial charge in [0.05, 0.1) is 13.7 Å². The Morgan fingerprint density at radius 2 is 2.13 bits per heavy atom. The summed E-state index contributed by atoms with van der Waals surface area (Å²) in [5.74, 6) is 0.636. The first-order chi connectivity index (χ1) is 11.0. The van der Waals surface area contributed by atoms with Crippen molar-refractivity contribution in [2.45, 2.75) is 12.3 Å². The van der Waals surface area contributed by atoms with Gasteiger partial charge in [0.2, 0.25) is 0 Å². The third kappa shape index (κ3) is 4.86. The second-order valence-electron chi connectivity index (χ2n) is 5.45. The van der Waals surface area contributed by atoms with Crippen LogP contribution in [0.3, 0.4) is 0 Å². The van der Waals surface area contributed by atoms with Crippen molar-refractivity contribution >= 4 is 35.2 Å². The Balaban J connectivity index is 1.98. The molecule has 0 bridgehead atoms. The highest BCUT2D eigenvalue weighted by molar-refractivity contribution is 7.99. The summed E-state index contributed by atoms with van der Waals surface area (Å²) >= 11 is 7.98. The number of hydrogen-bond acceptors (Lipinski definition) is 4. The standard InChI is InChI=1S/C16H21ClN2O3S/c1-3-22-15(21)11-18(2)10-14(20)19-8-9-23-16(19)12-6-4-5-7-13(12)17/h4-7,16H,3,8-11H2,1-2H3/p+1/t16-/m0/s1. The van der Waals surface area contributed by atoms with E-state index in [1.807, 2.05) is 36.2 Å². The lowest BCUT2D eigenvalue weighted by molar-refractivity contribution is -0.863. The summed E-state index contributed by atoms with van der Waals surface area (Å²) in [4.78, 5) is 26.8. The van der Waals surface area contributed by atoms with Crippen LogP contribution in [-0.2, 0) is 14.3 Å². The maximum Gasteiger partial charge on any atom is 0.361 e. The number of nitrogens with one attached hydrogen (secondary N) is 1. The van der Waals surface area contributed by atoms with Crippen LogP contribution in [0.5, 0.6) is 0 Å². The van der Waals surface area contributed by atoms with Crippen molar-refractivity contribution in [3.63, 3.8) is 0 Å². The molecule has 0 radical (unpaired) electrons. The van der Waals surface area contributed by atoms with Crippen molar-refractivity contribution in [2.75, 3.05) is 39.0 Å². The zero-order valence-electron chi connectivity index (χ0n) is 13.4. The number of carbonyl (C=O) groups is 2. The number of rotatable bonds is 6. The predicted octanol–water partition coefficient (Wildman–Crippen LogP) is 0.992. The van der Waals surface area contributed by atoms with E-state index in [9.17, 15) is 9.59 Å². The van der Waals surface area contributed by atoms with Crippen molar-refractivity contribution in [1.29, 1.82) is 0 Å². The van der Waals surface area contributed by atoms with Gasteiger partial charge in [-0.2, -0.15) is 0 Å². The molecule has 0 aromatic heterocycles. The molecule has 1 aliphatic rings. The van der Waals surface area contributed by atoms with E-state index in [-0.39, 0.29) is 30.3 Å². The molecule has 1 unspecified atom stereocenters. The Kier molecular flexibility index (Phi) is 6.74. The van der Waals surface area contributed by atoms with Crippen molar-refractivity contribution in [1.82, 2.24) is 4.90 Å². The zero-order chi connectivity index (χ0) is 16.8. The van der Waals surface area contributed by atoms with Gasteiger partial charge in [-0.15, -0.1) is 11.8 Å². The van der Waals surface area contributed by atoms with E-state index in [2.05, 4.69) is 0 Å². The average Bonchev–Trinajstić information content (AvgIpc) is 2.97. The Morgan fingerprint density at radius 3 is 2.83 bits per heavy atom. The maximum absolute atomic E-state index is 12.6. The number of amides is 1. The van der Waals surface area contributed by atoms with Gasteiger partial charge in [-0.3, -0.25) is 4.79 Å². The van der Waals surface area contributed by atoms with Crippen LogP contribution < -0.4 is 4.90 Å². The van der Waals surface area contributed by atoms with Crippen molar-refractivity contribution in [3.8, 4) is 0 Å². The molecule has 1 saturated heterocycles. The molecule has 0 aliphatic carbocycles. The summed E-state index contributed by atoms with van der Waals surface area (Å²) in [6.07, 6.45) is 0. The van der Waals surface area contributed by atoms with Crippen LogP contribution >= 0.6 is 23.4 Å². The molecule has 0 saturated carbocycles. The topological polar surface area (TPSA) is 51.1 Å². The number of thioether (sulfide) groups is 1. The minimum Gasteiger partial charge on any atom is -0.462 e. The lowest BCUT2D eigenvalue weighted by atomic mass is 10.2. The third-order valence-corrected chi connectivity index (χ3v) is 5.17. The number of nitrogens with zero attached hydrogens (tertiary/aromatic N) is 1. The second kappa shape index (κ2) is 8.57. The molecule has 2 rings (SSSR count). The monoisotopic (exact) mass is 357 g/mol. The molecule has 1 aliphatic heterocycles. The SMILES string of the molecule is CCOC(=O)C[NH+](C)CC(=O)N1CCS[C@H]1c1ccccc1Cl. The Labute approximate surface area is 145 Å². The van der Waals surface area contributed by atoms with E-state index < -0.39 is 0 Å². The number of ether oxygens (including phenoxy) is 1. The van der Waals surface area contributed by atoms with E-state index >= 15 is 0 Å². The number of quaternary nitrogens is 1. The van der Waals surface area contributed by atoms with E-state index in [0.717, 1.165) is 16.2 Å². The summed E-state index contributed by atoms with van der Waals surface area (Å²) in [5, 5.41) is 0.628. The van der Waals surface area contributed by atoms with Crippen LogP contribution in [0.4, 0.5) is 0 Å². The fraction of sp³-hybridized carbons (Fsp3) is 0.500. The number of hydrogen-bond donors (Lipinski definition) is 1. The van der Waals surface area contributed by atoms with Crippen molar-refractivity contribution < 1.29 is 19.2 Å². The smallest absolute Gasteiger partial charge is 0.361 e. The number of benzene rings is 1. The highest BCUT2D eigenvalue weighted by atomic mass is 35.5. The Morgan fingerprint density at radius 1 is 1.39 bits per heavy atom. The van der Waals surface area contributed by atoms with Gasteiger partial charge in [0.1, 0.15) is 5.37 Å². The minimum absolute atomic E-state index is 0.0294. The van der Waals surface area contributed by atoms with Crippen LogP contribution in [0.15, 0.2) is 24.3 Å². The lowest BCUT2D eigenvalue weighted by Gasteiger charge is -2.25. The fourth-order valence-corrected chi connectivity index (χ4v) is 4.16. The summed E-state index contributed by atoms with van der Waals surface area (Å²) in [7, 11) is 1.82. The van der Waals surface area contributed by atoms with E-state index in [1.165, 1.54) is 0 Å². The summed E-state index contributed by atoms with van der Waals surface area (Å²) in [5.41, 5.74) is 0.966. The molecule has 1 aromatic carbocycles. The third-order valence-electron chi connectivity index (χ3n) is 3.59. The number of likely N-dealkylation sites (N-methyl/N-ethyl adjacent to an activating group) is 1. The predicted molar refractivity (Wildman–Crippen MR) is 91.6 cm³/mol. The summed E-state index contributed by atoms with van der Waals surface area (Å²) in [6.45, 7) is 3.29. The van der Waals surface area contributed by atoms with Gasteiger partial charge in [-0.1, -0.05) is 29.8 Å². The van der Waals surface area contributed by atoms with Gasteiger partial charge >= 0.3 is 5.97 Å². The highest BCUT2D eigenvalue weighted by Gasteiger charge is 2.33. The van der Waals surface area contributed by atoms with Gasteiger partial charge in [-0.25, -0.2) is 4.79 Å². The molecule has 1 N–H and O–H groups in total. The second-order valence-corrected chi connectivity index (χ2v) is 7.04. The normalized spacial score (nSPS) is 18.7. The van der Waals surface area contributed by atoms with E-state index in [4.69, 9.17) is 16.3 Å². The van der Waals surface area contributed by atoms with Gasteiger partial charge in [0, 0.05) is 22.9 Å². The molecule has 0 spiro atoms. The molecule has 126 valence electrons. The Bertz CT molecular complexity index is 570. The first-order valence-corrected chi connectivity index (χ1v) is 9.08. The molecule has 1 heterocycles. The quantitative estimate of drug-likeness (QED) is 0.771. The summed E-state index contributed by atoms with van der Waals surface area (Å²) in [6, 6.07) is 7.62. The molecule has 7 heteroatoms. The largest absolute Gasteiger partial charge is 0.462 e. The van der Waals surface area contributed by atoms with E-state index in [0.29, 0.717) is 18.2 Å². The number of carbonyl (C=O) groups excluding carboxylic acids is 2. The van der Waals surface area contributed by atoms with Gasteiger partial charge in [0.15, 0.2) is 13.1 Å². The van der Waals surface area contributed by atoms with Gasteiger partial charge < -0.3 is 14.5 Å². The lowest BCUT2D eigenvalue weighted by Crippen LogP contribution is -3.11. The molecule has 1 aromatic rings. The maximum atomic E-state index is 12.6. The fourth-order valence-electron chi connectivity index (χ4n) is 2.54. The van der Waals surface area contributed by atoms with Gasteiger partial charge in [-0.05, 0) is 13.0 Å². The van der Waals surface area contributed by atoms with Crippen LogP contribution in [0.2, 0.25) is 5.02 Å². The number of esters is 1. The van der Waals surface area contributed by atoms with Crippen LogP contribution in [0, 0.1) is 0 Å². The molecular formula is C16H22ClN2O3S+. The zero-order valence-corrected chi connectivity index (χ0v) is 15.0.